The average Bonchev–Trinajstić information content (AvgIpc) is 2.57. The lowest BCUT2D eigenvalue weighted by atomic mass is 9.93. The van der Waals surface area contributed by atoms with Gasteiger partial charge in [0.25, 0.3) is 0 Å². The molecule has 3 rings (SSSR count). The first kappa shape index (κ1) is 12.0. The van der Waals surface area contributed by atoms with Crippen molar-refractivity contribution in [1.29, 1.82) is 0 Å². The Kier molecular flexibility index (Phi) is 2.67. The van der Waals surface area contributed by atoms with Gasteiger partial charge in [0.2, 0.25) is 5.88 Å². The molecule has 0 aliphatic heterocycles. The molecule has 1 aromatic heterocycles. The van der Waals surface area contributed by atoms with E-state index in [0.717, 1.165) is 11.1 Å². The van der Waals surface area contributed by atoms with Crippen LogP contribution in [0.25, 0.3) is 22.9 Å². The summed E-state index contributed by atoms with van der Waals surface area (Å²) in [4.78, 5) is 4.63. The van der Waals surface area contributed by atoms with Crippen LogP contribution in [0.5, 0.6) is 5.88 Å². The largest absolute Gasteiger partial charge is 0.481 e. The predicted molar refractivity (Wildman–Crippen MR) is 80.1 cm³/mol. The van der Waals surface area contributed by atoms with Gasteiger partial charge in [0.1, 0.15) is 0 Å². The fraction of sp³-hybridized carbons (Fsp3) is 0.235. The Hall–Kier alpha value is -2.09. The highest BCUT2D eigenvalue weighted by Gasteiger charge is 2.16. The normalized spacial score (nSPS) is 16.2. The number of aromatic nitrogens is 1. The molecule has 0 spiro atoms. The van der Waals surface area contributed by atoms with Crippen molar-refractivity contribution in [2.75, 3.05) is 7.11 Å². The van der Waals surface area contributed by atoms with Crippen molar-refractivity contribution in [3.8, 4) is 5.88 Å². The highest BCUT2D eigenvalue weighted by atomic mass is 16.5. The van der Waals surface area contributed by atoms with E-state index in [9.17, 15) is 0 Å². The lowest BCUT2D eigenvalue weighted by Crippen LogP contribution is -2.00. The Morgan fingerprint density at radius 3 is 2.42 bits per heavy atom. The molecular formula is C17H17NO. The first-order valence-corrected chi connectivity index (χ1v) is 6.46. The van der Waals surface area contributed by atoms with Crippen LogP contribution in [0.4, 0.5) is 0 Å². The Morgan fingerprint density at radius 2 is 1.68 bits per heavy atom. The van der Waals surface area contributed by atoms with Crippen LogP contribution in [-0.2, 0) is 0 Å². The van der Waals surface area contributed by atoms with E-state index >= 15 is 0 Å². The zero-order chi connectivity index (χ0) is 13.5. The van der Waals surface area contributed by atoms with Crippen LogP contribution >= 0.6 is 0 Å². The van der Waals surface area contributed by atoms with Gasteiger partial charge in [0, 0.05) is 16.4 Å². The third-order valence-electron chi connectivity index (χ3n) is 3.49. The molecule has 0 saturated heterocycles. The summed E-state index contributed by atoms with van der Waals surface area (Å²) >= 11 is 0. The van der Waals surface area contributed by atoms with Crippen molar-refractivity contribution in [3.63, 3.8) is 0 Å². The first-order chi connectivity index (χ1) is 9.11. The van der Waals surface area contributed by atoms with Crippen LogP contribution in [0.2, 0.25) is 0 Å². The van der Waals surface area contributed by atoms with Gasteiger partial charge in [-0.15, -0.1) is 0 Å². The maximum Gasteiger partial charge on any atom is 0.221 e. The van der Waals surface area contributed by atoms with Crippen LogP contribution in [0.15, 0.2) is 36.4 Å². The zero-order valence-electron chi connectivity index (χ0n) is 11.5. The van der Waals surface area contributed by atoms with Crippen molar-refractivity contribution in [1.82, 2.24) is 4.98 Å². The number of rotatable bonds is 1. The molecule has 0 radical (unpaired) electrons. The molecule has 1 aromatic carbocycles. The number of hydrogen-bond donors (Lipinski definition) is 0. The predicted octanol–water partition coefficient (Wildman–Crippen LogP) is 4.31. The minimum Gasteiger partial charge on any atom is -0.481 e. The SMILES string of the molecule is COc1nc2c(c3ccccc13)C=CC(C)(C)C=C2. The van der Waals surface area contributed by atoms with Crippen LogP contribution < -0.4 is 4.74 Å². The van der Waals surface area contributed by atoms with Gasteiger partial charge in [-0.25, -0.2) is 4.98 Å². The topological polar surface area (TPSA) is 22.1 Å². The standard InChI is InChI=1S/C17H17NO/c1-17(2)10-8-13-12-6-4-5-7-14(12)16(19-3)18-15(13)9-11-17/h4-11H,1-3H3. The number of nitrogens with zero attached hydrogens (tertiary/aromatic N) is 1. The second kappa shape index (κ2) is 4.23. The molecule has 0 bridgehead atoms. The van der Waals surface area contributed by atoms with Gasteiger partial charge >= 0.3 is 0 Å². The number of allylic oxidation sites excluding steroid dienone is 2. The van der Waals surface area contributed by atoms with Crippen LogP contribution in [-0.4, -0.2) is 12.1 Å². The van der Waals surface area contributed by atoms with Crippen molar-refractivity contribution in [2.45, 2.75) is 13.8 Å². The van der Waals surface area contributed by atoms with Gasteiger partial charge in [-0.2, -0.15) is 0 Å². The highest BCUT2D eigenvalue weighted by Crippen LogP contribution is 2.34. The Bertz CT molecular complexity index is 696. The summed E-state index contributed by atoms with van der Waals surface area (Å²) in [5.41, 5.74) is 2.19. The third kappa shape index (κ3) is 2.03. The summed E-state index contributed by atoms with van der Waals surface area (Å²) in [5, 5.41) is 2.24. The van der Waals surface area contributed by atoms with Gasteiger partial charge in [0.15, 0.2) is 0 Å². The minimum atomic E-state index is 0.0506. The maximum absolute atomic E-state index is 5.42. The van der Waals surface area contributed by atoms with Gasteiger partial charge in [-0.05, 0) is 17.5 Å². The van der Waals surface area contributed by atoms with Gasteiger partial charge in [0.05, 0.1) is 12.8 Å². The Labute approximate surface area is 113 Å². The Balaban J connectivity index is 2.37. The molecule has 19 heavy (non-hydrogen) atoms. The van der Waals surface area contributed by atoms with Crippen molar-refractivity contribution < 1.29 is 4.74 Å². The lowest BCUT2D eigenvalue weighted by molar-refractivity contribution is 0.403. The summed E-state index contributed by atoms with van der Waals surface area (Å²) in [7, 11) is 1.67. The number of fused-ring (bicyclic) bond motifs is 3. The molecule has 0 unspecified atom stereocenters. The zero-order valence-corrected chi connectivity index (χ0v) is 11.5. The van der Waals surface area contributed by atoms with Crippen LogP contribution in [0, 0.1) is 5.41 Å². The molecule has 1 aliphatic rings. The summed E-state index contributed by atoms with van der Waals surface area (Å²) in [5.74, 6) is 0.687. The lowest BCUT2D eigenvalue weighted by Gasteiger charge is -2.11. The Morgan fingerprint density at radius 1 is 1.00 bits per heavy atom. The monoisotopic (exact) mass is 251 g/mol. The molecule has 0 N–H and O–H groups in total. The number of methoxy groups -OCH3 is 1. The number of benzene rings is 1. The number of pyridine rings is 1. The quantitative estimate of drug-likeness (QED) is 0.753. The molecule has 2 nitrogen and oxygen atoms in total. The molecule has 0 saturated carbocycles. The maximum atomic E-state index is 5.42. The summed E-state index contributed by atoms with van der Waals surface area (Å²) < 4.78 is 5.42. The van der Waals surface area contributed by atoms with Crippen molar-refractivity contribution >= 4 is 22.9 Å². The van der Waals surface area contributed by atoms with E-state index in [0.29, 0.717) is 5.88 Å². The summed E-state index contributed by atoms with van der Waals surface area (Å²) in [6.07, 6.45) is 8.65. The van der Waals surface area contributed by atoms with Crippen molar-refractivity contribution in [3.05, 3.63) is 47.7 Å². The van der Waals surface area contributed by atoms with Gasteiger partial charge < -0.3 is 4.74 Å². The fourth-order valence-corrected chi connectivity index (χ4v) is 2.38. The number of ether oxygens (including phenoxy) is 1. The highest BCUT2D eigenvalue weighted by molar-refractivity contribution is 5.96. The van der Waals surface area contributed by atoms with Crippen LogP contribution in [0.1, 0.15) is 25.1 Å². The van der Waals surface area contributed by atoms with Crippen molar-refractivity contribution in [2.24, 2.45) is 5.41 Å². The molecule has 2 aromatic rings. The molecule has 2 heteroatoms. The second-order valence-electron chi connectivity index (χ2n) is 5.45. The molecule has 0 atom stereocenters. The second-order valence-corrected chi connectivity index (χ2v) is 5.45. The smallest absolute Gasteiger partial charge is 0.221 e. The van der Waals surface area contributed by atoms with E-state index in [4.69, 9.17) is 4.74 Å². The summed E-state index contributed by atoms with van der Waals surface area (Å²) in [6.45, 7) is 4.37. The molecular weight excluding hydrogens is 234 g/mol. The van der Waals surface area contributed by atoms with Gasteiger partial charge in [-0.1, -0.05) is 50.3 Å². The van der Waals surface area contributed by atoms with Gasteiger partial charge in [-0.3, -0.25) is 0 Å². The molecule has 0 amide bonds. The number of hydrogen-bond acceptors (Lipinski definition) is 2. The molecule has 96 valence electrons. The summed E-state index contributed by atoms with van der Waals surface area (Å²) in [6, 6.07) is 8.23. The molecule has 0 fully saturated rings. The fourth-order valence-electron chi connectivity index (χ4n) is 2.38. The van der Waals surface area contributed by atoms with E-state index in [1.54, 1.807) is 7.11 Å². The van der Waals surface area contributed by atoms with E-state index in [-0.39, 0.29) is 5.41 Å². The van der Waals surface area contributed by atoms with E-state index in [2.05, 4.69) is 61.3 Å². The van der Waals surface area contributed by atoms with E-state index in [1.807, 2.05) is 6.07 Å². The van der Waals surface area contributed by atoms with Crippen LogP contribution in [0.3, 0.4) is 0 Å². The first-order valence-electron chi connectivity index (χ1n) is 6.46. The average molecular weight is 251 g/mol. The minimum absolute atomic E-state index is 0.0506. The molecule has 1 aliphatic carbocycles. The third-order valence-corrected chi connectivity index (χ3v) is 3.49. The van der Waals surface area contributed by atoms with E-state index in [1.165, 1.54) is 10.9 Å². The molecule has 1 heterocycles. The van der Waals surface area contributed by atoms with E-state index < -0.39 is 0 Å².